The van der Waals surface area contributed by atoms with Crippen molar-refractivity contribution in [3.63, 3.8) is 0 Å². The number of fused-ring (bicyclic) bond motifs is 1. The van der Waals surface area contributed by atoms with Crippen LogP contribution in [0.2, 0.25) is 5.02 Å². The molecule has 1 aliphatic carbocycles. The summed E-state index contributed by atoms with van der Waals surface area (Å²) in [5.41, 5.74) is 0.456. The Morgan fingerprint density at radius 1 is 1.24 bits per heavy atom. The van der Waals surface area contributed by atoms with Crippen LogP contribution in [0.3, 0.4) is 0 Å². The van der Waals surface area contributed by atoms with Crippen molar-refractivity contribution in [2.45, 2.75) is 49.6 Å². The van der Waals surface area contributed by atoms with E-state index in [1.807, 2.05) is 0 Å². The van der Waals surface area contributed by atoms with E-state index >= 15 is 0 Å². The van der Waals surface area contributed by atoms with Crippen molar-refractivity contribution in [2.24, 2.45) is 5.92 Å². The molecule has 0 amide bonds. The maximum absolute atomic E-state index is 12.9. The molecule has 0 radical (unpaired) electrons. The third-order valence-corrected chi connectivity index (χ3v) is 7.04. The van der Waals surface area contributed by atoms with Gasteiger partial charge in [0.05, 0.1) is 11.5 Å². The number of halogens is 1. The summed E-state index contributed by atoms with van der Waals surface area (Å²) in [5.74, 6) is 0.512. The molecule has 116 valence electrons. The summed E-state index contributed by atoms with van der Waals surface area (Å²) in [5, 5.41) is 9.67. The number of hydrogen-bond acceptors (Lipinski definition) is 3. The zero-order valence-electron chi connectivity index (χ0n) is 11.8. The quantitative estimate of drug-likeness (QED) is 0.927. The Bertz CT molecular complexity index is 632. The zero-order valence-corrected chi connectivity index (χ0v) is 13.4. The number of sulfonamides is 1. The lowest BCUT2D eigenvalue weighted by molar-refractivity contribution is 0.260. The number of aliphatic hydroxyl groups excluding tert-OH is 1. The predicted octanol–water partition coefficient (Wildman–Crippen LogP) is 2.79. The van der Waals surface area contributed by atoms with E-state index < -0.39 is 10.0 Å². The monoisotopic (exact) mass is 329 g/mol. The lowest BCUT2D eigenvalue weighted by Crippen LogP contribution is -2.39. The molecule has 3 rings (SSSR count). The van der Waals surface area contributed by atoms with Gasteiger partial charge in [-0.3, -0.25) is 0 Å². The molecule has 1 saturated carbocycles. The lowest BCUT2D eigenvalue weighted by Gasteiger charge is -2.31. The molecule has 6 heteroatoms. The fourth-order valence-corrected chi connectivity index (χ4v) is 5.59. The Morgan fingerprint density at radius 3 is 2.76 bits per heavy atom. The smallest absolute Gasteiger partial charge is 0.243 e. The molecule has 1 saturated heterocycles. The summed E-state index contributed by atoms with van der Waals surface area (Å²) in [7, 11) is -3.49. The van der Waals surface area contributed by atoms with Crippen molar-refractivity contribution in [2.75, 3.05) is 6.54 Å². The maximum Gasteiger partial charge on any atom is 0.243 e. The molecule has 1 aromatic carbocycles. The summed E-state index contributed by atoms with van der Waals surface area (Å²) < 4.78 is 27.4. The minimum atomic E-state index is -3.49. The highest BCUT2D eigenvalue weighted by Gasteiger charge is 2.42. The minimum Gasteiger partial charge on any atom is -0.392 e. The van der Waals surface area contributed by atoms with Crippen LogP contribution in [-0.2, 0) is 16.6 Å². The highest BCUT2D eigenvalue weighted by molar-refractivity contribution is 7.89. The van der Waals surface area contributed by atoms with Crippen LogP contribution < -0.4 is 0 Å². The number of aliphatic hydroxyl groups is 1. The zero-order chi connectivity index (χ0) is 15.0. The van der Waals surface area contributed by atoms with Crippen LogP contribution in [0.5, 0.6) is 0 Å². The fraction of sp³-hybridized carbons (Fsp3) is 0.600. The largest absolute Gasteiger partial charge is 0.392 e. The maximum atomic E-state index is 12.9. The molecule has 2 aliphatic rings. The Kier molecular flexibility index (Phi) is 4.28. The molecule has 2 fully saturated rings. The van der Waals surface area contributed by atoms with Crippen LogP contribution in [0, 0.1) is 5.92 Å². The first-order chi connectivity index (χ1) is 10.0. The van der Waals surface area contributed by atoms with Gasteiger partial charge in [0, 0.05) is 17.6 Å². The van der Waals surface area contributed by atoms with Gasteiger partial charge in [-0.15, -0.1) is 0 Å². The summed E-state index contributed by atoms with van der Waals surface area (Å²) in [6, 6.07) is 4.73. The van der Waals surface area contributed by atoms with Crippen molar-refractivity contribution in [1.29, 1.82) is 0 Å². The normalized spacial score (nSPS) is 26.8. The summed E-state index contributed by atoms with van der Waals surface area (Å²) in [4.78, 5) is 0.238. The Hall–Kier alpha value is -0.620. The molecule has 1 aliphatic heterocycles. The molecule has 1 N–H and O–H groups in total. The van der Waals surface area contributed by atoms with Crippen LogP contribution >= 0.6 is 11.6 Å². The van der Waals surface area contributed by atoms with Crippen LogP contribution in [0.1, 0.15) is 37.7 Å². The number of nitrogens with zero attached hydrogens (tertiary/aromatic N) is 1. The third-order valence-electron chi connectivity index (χ3n) is 4.75. The number of hydrogen-bond donors (Lipinski definition) is 1. The van der Waals surface area contributed by atoms with Gasteiger partial charge < -0.3 is 5.11 Å². The van der Waals surface area contributed by atoms with E-state index in [0.717, 1.165) is 25.7 Å². The second kappa shape index (κ2) is 5.88. The molecule has 0 aromatic heterocycles. The summed E-state index contributed by atoms with van der Waals surface area (Å²) in [6.07, 6.45) is 5.38. The molecule has 2 atom stereocenters. The average Bonchev–Trinajstić information content (AvgIpc) is 2.92. The van der Waals surface area contributed by atoms with Crippen molar-refractivity contribution >= 4 is 21.6 Å². The van der Waals surface area contributed by atoms with Crippen LogP contribution in [0.25, 0.3) is 0 Å². The van der Waals surface area contributed by atoms with Gasteiger partial charge in [-0.25, -0.2) is 8.42 Å². The molecule has 0 spiro atoms. The SMILES string of the molecule is O=S(=O)(c1ccc(Cl)c(CO)c1)N1CCC2CCCCC21. The molecule has 1 heterocycles. The van der Waals surface area contributed by atoms with E-state index in [0.29, 0.717) is 23.0 Å². The van der Waals surface area contributed by atoms with E-state index in [-0.39, 0.29) is 17.5 Å². The van der Waals surface area contributed by atoms with E-state index in [9.17, 15) is 13.5 Å². The van der Waals surface area contributed by atoms with E-state index in [1.54, 1.807) is 10.4 Å². The van der Waals surface area contributed by atoms with Crippen molar-refractivity contribution < 1.29 is 13.5 Å². The second-order valence-electron chi connectivity index (χ2n) is 5.93. The summed E-state index contributed by atoms with van der Waals surface area (Å²) >= 11 is 5.95. The number of rotatable bonds is 3. The first kappa shape index (κ1) is 15.3. The van der Waals surface area contributed by atoms with Gasteiger partial charge in [0.1, 0.15) is 0 Å². The predicted molar refractivity (Wildman–Crippen MR) is 81.6 cm³/mol. The molecule has 2 unspecified atom stereocenters. The van der Waals surface area contributed by atoms with Gasteiger partial charge in [-0.2, -0.15) is 4.31 Å². The van der Waals surface area contributed by atoms with Crippen LogP contribution in [0.15, 0.2) is 23.1 Å². The highest BCUT2D eigenvalue weighted by atomic mass is 35.5. The Morgan fingerprint density at radius 2 is 2.00 bits per heavy atom. The molecular weight excluding hydrogens is 310 g/mol. The van der Waals surface area contributed by atoms with Gasteiger partial charge >= 0.3 is 0 Å². The molecule has 4 nitrogen and oxygen atoms in total. The van der Waals surface area contributed by atoms with Crippen LogP contribution in [0.4, 0.5) is 0 Å². The van der Waals surface area contributed by atoms with Gasteiger partial charge in [-0.05, 0) is 48.9 Å². The van der Waals surface area contributed by atoms with E-state index in [1.165, 1.54) is 18.6 Å². The third kappa shape index (κ3) is 2.72. The van der Waals surface area contributed by atoms with E-state index in [2.05, 4.69) is 0 Å². The molecule has 1 aromatic rings. The number of benzene rings is 1. The van der Waals surface area contributed by atoms with Crippen molar-refractivity contribution in [1.82, 2.24) is 4.31 Å². The van der Waals surface area contributed by atoms with Gasteiger partial charge in [0.25, 0.3) is 0 Å². The van der Waals surface area contributed by atoms with Gasteiger partial charge in [0.2, 0.25) is 10.0 Å². The second-order valence-corrected chi connectivity index (χ2v) is 8.23. The Labute approximate surface area is 130 Å². The van der Waals surface area contributed by atoms with Gasteiger partial charge in [0.15, 0.2) is 0 Å². The minimum absolute atomic E-state index is 0.150. The fourth-order valence-electron chi connectivity index (χ4n) is 3.63. The molecule has 21 heavy (non-hydrogen) atoms. The standard InChI is InChI=1S/C15H20ClNO3S/c16-14-6-5-13(9-12(14)10-18)21(19,20)17-8-7-11-3-1-2-4-15(11)17/h5-6,9,11,15,18H,1-4,7-8,10H2. The van der Waals surface area contributed by atoms with E-state index in [4.69, 9.17) is 11.6 Å². The summed E-state index contributed by atoms with van der Waals surface area (Å²) in [6.45, 7) is 0.350. The van der Waals surface area contributed by atoms with Gasteiger partial charge in [-0.1, -0.05) is 24.4 Å². The first-order valence-electron chi connectivity index (χ1n) is 7.45. The lowest BCUT2D eigenvalue weighted by atomic mass is 9.86. The average molecular weight is 330 g/mol. The van der Waals surface area contributed by atoms with Crippen molar-refractivity contribution in [3.05, 3.63) is 28.8 Å². The van der Waals surface area contributed by atoms with Crippen LogP contribution in [-0.4, -0.2) is 30.4 Å². The topological polar surface area (TPSA) is 57.6 Å². The molecular formula is C15H20ClNO3S. The van der Waals surface area contributed by atoms with Crippen molar-refractivity contribution in [3.8, 4) is 0 Å². The first-order valence-corrected chi connectivity index (χ1v) is 9.27. The Balaban J connectivity index is 1.93. The molecule has 0 bridgehead atoms. The highest BCUT2D eigenvalue weighted by Crippen LogP contribution is 2.39.